The number of benzene rings is 3. The topological polar surface area (TPSA) is 120 Å². The molecule has 0 aliphatic heterocycles. The van der Waals surface area contributed by atoms with E-state index in [0.717, 1.165) is 6.07 Å². The molecule has 0 saturated heterocycles. The van der Waals surface area contributed by atoms with Crippen molar-refractivity contribution in [1.82, 2.24) is 0 Å². The maximum absolute atomic E-state index is 12.4. The molecule has 0 radical (unpaired) electrons. The van der Waals surface area contributed by atoms with Crippen LogP contribution in [0.2, 0.25) is 5.02 Å². The third-order valence-corrected chi connectivity index (χ3v) is 4.54. The molecule has 0 heterocycles. The minimum Gasteiger partial charge on any atom is -0.507 e. The first-order valence-electron chi connectivity index (χ1n) is 8.47. The summed E-state index contributed by atoms with van der Waals surface area (Å²) in [7, 11) is 0. The lowest BCUT2D eigenvalue weighted by Gasteiger charge is -2.15. The monoisotopic (exact) mass is 410 g/mol. The van der Waals surface area contributed by atoms with Crippen LogP contribution in [0.5, 0.6) is 11.5 Å². The number of esters is 1. The maximum atomic E-state index is 12.4. The molecule has 3 aromatic carbocycles. The number of carbonyl (C=O) groups excluding carboxylic acids is 2. The predicted molar refractivity (Wildman–Crippen MR) is 107 cm³/mol. The van der Waals surface area contributed by atoms with Crippen molar-refractivity contribution >= 4 is 39.9 Å². The lowest BCUT2D eigenvalue weighted by atomic mass is 10.0. The normalized spacial score (nSPS) is 11.5. The standard InChI is InChI=1S/C21H15ClN2O5/c1-11(20(27)24-13-7-6-12(10-23)17(22)8-13)29-21(28)16-9-18(25)14-4-2-3-5-15(14)19(16)26/h2-9,11,25-26H,1H3,(H,24,27)/t11-/m1/s1. The van der Waals surface area contributed by atoms with Gasteiger partial charge in [-0.15, -0.1) is 0 Å². The second kappa shape index (κ2) is 8.09. The lowest BCUT2D eigenvalue weighted by molar-refractivity contribution is -0.123. The summed E-state index contributed by atoms with van der Waals surface area (Å²) in [6.45, 7) is 1.36. The van der Waals surface area contributed by atoms with E-state index in [2.05, 4.69) is 5.32 Å². The Kier molecular flexibility index (Phi) is 5.57. The summed E-state index contributed by atoms with van der Waals surface area (Å²) in [5.41, 5.74) is 0.325. The Morgan fingerprint density at radius 2 is 1.83 bits per heavy atom. The van der Waals surface area contributed by atoms with Crippen molar-refractivity contribution < 1.29 is 24.5 Å². The van der Waals surface area contributed by atoms with E-state index in [9.17, 15) is 19.8 Å². The fraction of sp³-hybridized carbons (Fsp3) is 0.0952. The molecule has 0 unspecified atom stereocenters. The number of carbonyl (C=O) groups is 2. The fourth-order valence-electron chi connectivity index (χ4n) is 2.70. The van der Waals surface area contributed by atoms with Crippen LogP contribution in [0.15, 0.2) is 48.5 Å². The average molecular weight is 411 g/mol. The molecule has 0 aliphatic carbocycles. The van der Waals surface area contributed by atoms with Gasteiger partial charge in [0.05, 0.1) is 10.6 Å². The third kappa shape index (κ3) is 4.08. The summed E-state index contributed by atoms with van der Waals surface area (Å²) >= 11 is 5.93. The highest BCUT2D eigenvalue weighted by Gasteiger charge is 2.23. The number of fused-ring (bicyclic) bond motifs is 1. The number of aromatic hydroxyl groups is 2. The first-order chi connectivity index (χ1) is 13.8. The Labute approximate surface area is 170 Å². The smallest absolute Gasteiger partial charge is 0.342 e. The van der Waals surface area contributed by atoms with Gasteiger partial charge in [0.25, 0.3) is 5.91 Å². The molecular weight excluding hydrogens is 396 g/mol. The van der Waals surface area contributed by atoms with Crippen molar-refractivity contribution in [3.63, 3.8) is 0 Å². The van der Waals surface area contributed by atoms with E-state index in [1.165, 1.54) is 25.1 Å². The molecule has 1 amide bonds. The number of phenolic OH excluding ortho intramolecular Hbond substituents is 2. The molecule has 0 aliphatic rings. The molecule has 1 atom stereocenters. The van der Waals surface area contributed by atoms with Gasteiger partial charge in [0, 0.05) is 16.5 Å². The van der Waals surface area contributed by atoms with E-state index in [4.69, 9.17) is 21.6 Å². The average Bonchev–Trinajstić information content (AvgIpc) is 2.70. The third-order valence-electron chi connectivity index (χ3n) is 4.22. The van der Waals surface area contributed by atoms with Crippen LogP contribution in [-0.4, -0.2) is 28.2 Å². The number of nitrogens with one attached hydrogen (secondary N) is 1. The Hall–Kier alpha value is -3.76. The zero-order valence-electron chi connectivity index (χ0n) is 15.1. The van der Waals surface area contributed by atoms with Crippen molar-refractivity contribution in [2.45, 2.75) is 13.0 Å². The number of nitrogens with zero attached hydrogens (tertiary/aromatic N) is 1. The van der Waals surface area contributed by atoms with Gasteiger partial charge in [-0.05, 0) is 31.2 Å². The predicted octanol–water partition coefficient (Wildman–Crippen LogP) is 3.96. The molecule has 0 spiro atoms. The minimum absolute atomic E-state index is 0.173. The maximum Gasteiger partial charge on any atom is 0.342 e. The van der Waals surface area contributed by atoms with E-state index in [-0.39, 0.29) is 33.0 Å². The molecule has 3 rings (SSSR count). The molecule has 3 aromatic rings. The highest BCUT2D eigenvalue weighted by atomic mass is 35.5. The molecule has 7 nitrogen and oxygen atoms in total. The molecule has 8 heteroatoms. The molecule has 3 N–H and O–H groups in total. The van der Waals surface area contributed by atoms with Crippen molar-refractivity contribution in [3.8, 4) is 17.6 Å². The summed E-state index contributed by atoms with van der Waals surface area (Å²) in [4.78, 5) is 24.7. The number of rotatable bonds is 4. The van der Waals surface area contributed by atoms with Gasteiger partial charge in [0.2, 0.25) is 0 Å². The molecule has 146 valence electrons. The second-order valence-corrected chi connectivity index (χ2v) is 6.59. The fourth-order valence-corrected chi connectivity index (χ4v) is 2.92. The number of phenols is 2. The highest BCUT2D eigenvalue weighted by molar-refractivity contribution is 6.32. The Morgan fingerprint density at radius 1 is 1.14 bits per heavy atom. The number of ether oxygens (including phenoxy) is 1. The van der Waals surface area contributed by atoms with Crippen molar-refractivity contribution in [2.24, 2.45) is 0 Å². The summed E-state index contributed by atoms with van der Waals surface area (Å²) in [5.74, 6) is -2.16. The van der Waals surface area contributed by atoms with Gasteiger partial charge < -0.3 is 20.3 Å². The van der Waals surface area contributed by atoms with Gasteiger partial charge in [-0.1, -0.05) is 35.9 Å². The van der Waals surface area contributed by atoms with Crippen LogP contribution in [0, 0.1) is 11.3 Å². The van der Waals surface area contributed by atoms with Gasteiger partial charge in [-0.3, -0.25) is 4.79 Å². The summed E-state index contributed by atoms with van der Waals surface area (Å²) < 4.78 is 5.12. The quantitative estimate of drug-likeness (QED) is 0.442. The van der Waals surface area contributed by atoms with Crippen molar-refractivity contribution in [1.29, 1.82) is 5.26 Å². The van der Waals surface area contributed by atoms with Crippen LogP contribution in [0.25, 0.3) is 10.8 Å². The molecule has 0 aromatic heterocycles. The Balaban J connectivity index is 1.76. The van der Waals surface area contributed by atoms with E-state index >= 15 is 0 Å². The van der Waals surface area contributed by atoms with Crippen LogP contribution in [0.4, 0.5) is 5.69 Å². The zero-order valence-corrected chi connectivity index (χ0v) is 15.9. The summed E-state index contributed by atoms with van der Waals surface area (Å²) in [5, 5.41) is 32.7. The first-order valence-corrected chi connectivity index (χ1v) is 8.84. The van der Waals surface area contributed by atoms with Crippen LogP contribution in [0.1, 0.15) is 22.8 Å². The lowest BCUT2D eigenvalue weighted by Crippen LogP contribution is -2.30. The van der Waals surface area contributed by atoms with Gasteiger partial charge in [0.15, 0.2) is 6.10 Å². The number of hydrogen-bond acceptors (Lipinski definition) is 6. The van der Waals surface area contributed by atoms with Gasteiger partial charge >= 0.3 is 5.97 Å². The number of nitriles is 1. The minimum atomic E-state index is -1.20. The van der Waals surface area contributed by atoms with E-state index in [1.807, 2.05) is 6.07 Å². The van der Waals surface area contributed by atoms with Crippen LogP contribution < -0.4 is 5.32 Å². The largest absolute Gasteiger partial charge is 0.507 e. The van der Waals surface area contributed by atoms with Crippen LogP contribution >= 0.6 is 11.6 Å². The Morgan fingerprint density at radius 3 is 2.48 bits per heavy atom. The van der Waals surface area contributed by atoms with Crippen LogP contribution in [-0.2, 0) is 9.53 Å². The van der Waals surface area contributed by atoms with Gasteiger partial charge in [-0.25, -0.2) is 4.79 Å². The molecular formula is C21H15ClN2O5. The second-order valence-electron chi connectivity index (χ2n) is 6.18. The number of amides is 1. The van der Waals surface area contributed by atoms with Gasteiger partial charge in [-0.2, -0.15) is 5.26 Å². The molecule has 0 bridgehead atoms. The number of hydrogen-bond donors (Lipinski definition) is 3. The van der Waals surface area contributed by atoms with Crippen molar-refractivity contribution in [2.75, 3.05) is 5.32 Å². The summed E-state index contributed by atoms with van der Waals surface area (Å²) in [6.07, 6.45) is -1.20. The van der Waals surface area contributed by atoms with Crippen LogP contribution in [0.3, 0.4) is 0 Å². The molecule has 0 fully saturated rings. The summed E-state index contributed by atoms with van der Waals surface area (Å²) in [6, 6.07) is 13.8. The zero-order chi connectivity index (χ0) is 21.1. The Bertz CT molecular complexity index is 1170. The van der Waals surface area contributed by atoms with Crippen molar-refractivity contribution in [3.05, 3.63) is 64.7 Å². The number of halogens is 1. The van der Waals surface area contributed by atoms with E-state index in [0.29, 0.717) is 11.1 Å². The highest BCUT2D eigenvalue weighted by Crippen LogP contribution is 2.35. The van der Waals surface area contributed by atoms with Gasteiger partial charge in [0.1, 0.15) is 23.1 Å². The number of anilines is 1. The van der Waals surface area contributed by atoms with E-state index in [1.54, 1.807) is 24.3 Å². The molecule has 0 saturated carbocycles. The van der Waals surface area contributed by atoms with E-state index < -0.39 is 18.0 Å². The SMILES string of the molecule is C[C@@H](OC(=O)c1cc(O)c2ccccc2c1O)C(=O)Nc1ccc(C#N)c(Cl)c1. The molecule has 29 heavy (non-hydrogen) atoms. The first kappa shape index (κ1) is 20.0.